The van der Waals surface area contributed by atoms with Crippen LogP contribution < -0.4 is 5.32 Å². The second-order valence-corrected chi connectivity index (χ2v) is 6.74. The molecule has 9 heteroatoms. The minimum Gasteiger partial charge on any atom is -0.382 e. The molecule has 0 aromatic heterocycles. The van der Waals surface area contributed by atoms with Gasteiger partial charge in [-0.15, -0.1) is 12.8 Å². The lowest BCUT2D eigenvalue weighted by molar-refractivity contribution is -0.137. The number of rotatable bonds is 4. The van der Waals surface area contributed by atoms with Crippen LogP contribution in [0.2, 0.25) is 0 Å². The van der Waals surface area contributed by atoms with Crippen LogP contribution in [0.4, 0.5) is 23.2 Å². The number of β-amino-alcohol motifs (C(OH)–C–C–N with tert-alkyl or cyclic N) is 1. The zero-order valence-corrected chi connectivity index (χ0v) is 16.3. The van der Waals surface area contributed by atoms with Gasteiger partial charge in [0.15, 0.2) is 0 Å². The highest BCUT2D eigenvalue weighted by atomic mass is 19.4. The number of amides is 1. The van der Waals surface area contributed by atoms with Crippen LogP contribution in [0.5, 0.6) is 0 Å². The Hall–Kier alpha value is -3.40. The quantitative estimate of drug-likeness (QED) is 0.573. The number of nitrogens with zero attached hydrogens (tertiary/aromatic N) is 2. The molecule has 31 heavy (non-hydrogen) atoms. The molecule has 2 N–H and O–H groups in total. The molecule has 2 aromatic rings. The van der Waals surface area contributed by atoms with Crippen LogP contribution in [0.1, 0.15) is 22.3 Å². The van der Waals surface area contributed by atoms with Crippen molar-refractivity contribution in [1.29, 1.82) is 5.26 Å². The molecule has 1 amide bonds. The van der Waals surface area contributed by atoms with E-state index in [1.54, 1.807) is 17.0 Å². The molecule has 0 aliphatic carbocycles. The lowest BCUT2D eigenvalue weighted by atomic mass is 9.99. The average molecular weight is 433 g/mol. The van der Waals surface area contributed by atoms with E-state index in [9.17, 15) is 27.5 Å². The van der Waals surface area contributed by atoms with Crippen molar-refractivity contribution >= 4 is 11.6 Å². The van der Waals surface area contributed by atoms with Crippen molar-refractivity contribution in [3.05, 3.63) is 64.5 Å². The number of carbonyl (C=O) groups is 1. The van der Waals surface area contributed by atoms with Crippen molar-refractivity contribution in [2.24, 2.45) is 0 Å². The summed E-state index contributed by atoms with van der Waals surface area (Å²) in [6, 6.07) is 8.97. The summed E-state index contributed by atoms with van der Waals surface area (Å²) in [5.41, 5.74) is -0.519. The first kappa shape index (κ1) is 23.9. The van der Waals surface area contributed by atoms with Gasteiger partial charge in [0, 0.05) is 25.3 Å². The summed E-state index contributed by atoms with van der Waals surface area (Å²) >= 11 is 0. The first-order chi connectivity index (χ1) is 14.7. The van der Waals surface area contributed by atoms with Crippen LogP contribution in [0.25, 0.3) is 0 Å². The number of halogens is 4. The van der Waals surface area contributed by atoms with Gasteiger partial charge in [-0.1, -0.05) is 12.1 Å². The Balaban J connectivity index is 0.00000166. The SMILES string of the molecule is C#C.N#Cc1ccc(NC(=O)[C@@H](O)CN2CCc3c(F)cccc3C2)cc1C(F)(F)F. The summed E-state index contributed by atoms with van der Waals surface area (Å²) in [6.07, 6.45) is 2.19. The van der Waals surface area contributed by atoms with E-state index in [1.807, 2.05) is 0 Å². The minimum absolute atomic E-state index is 0.0514. The number of alkyl halides is 3. The fraction of sp³-hybridized carbons (Fsp3) is 0.273. The highest BCUT2D eigenvalue weighted by Gasteiger charge is 2.34. The van der Waals surface area contributed by atoms with Crippen molar-refractivity contribution in [2.75, 3.05) is 18.4 Å². The third-order valence-electron chi connectivity index (χ3n) is 4.73. The molecule has 1 aliphatic rings. The van der Waals surface area contributed by atoms with Crippen molar-refractivity contribution in [3.8, 4) is 18.9 Å². The molecule has 5 nitrogen and oxygen atoms in total. The number of benzene rings is 2. The Morgan fingerprint density at radius 3 is 2.65 bits per heavy atom. The van der Waals surface area contributed by atoms with Gasteiger partial charge in [0.25, 0.3) is 5.91 Å². The Labute approximate surface area is 176 Å². The summed E-state index contributed by atoms with van der Waals surface area (Å²) in [7, 11) is 0. The molecule has 0 spiro atoms. The zero-order valence-electron chi connectivity index (χ0n) is 16.3. The Morgan fingerprint density at radius 1 is 1.29 bits per heavy atom. The molecular formula is C22H19F4N3O2. The Morgan fingerprint density at radius 2 is 2.00 bits per heavy atom. The first-order valence-corrected chi connectivity index (χ1v) is 9.11. The molecular weight excluding hydrogens is 414 g/mol. The van der Waals surface area contributed by atoms with Gasteiger partial charge in [0.2, 0.25) is 0 Å². The summed E-state index contributed by atoms with van der Waals surface area (Å²) in [6.45, 7) is 0.740. The van der Waals surface area contributed by atoms with E-state index >= 15 is 0 Å². The highest BCUT2D eigenvalue weighted by molar-refractivity contribution is 5.94. The van der Waals surface area contributed by atoms with Crippen molar-refractivity contribution < 1.29 is 27.5 Å². The molecule has 1 aliphatic heterocycles. The summed E-state index contributed by atoms with van der Waals surface area (Å²) in [4.78, 5) is 14.0. The van der Waals surface area contributed by atoms with Gasteiger partial charge in [-0.05, 0) is 41.8 Å². The van der Waals surface area contributed by atoms with Crippen LogP contribution >= 0.6 is 0 Å². The molecule has 0 fully saturated rings. The van der Waals surface area contributed by atoms with Gasteiger partial charge in [0.05, 0.1) is 17.2 Å². The maximum Gasteiger partial charge on any atom is 0.417 e. The lowest BCUT2D eigenvalue weighted by Gasteiger charge is -2.30. The maximum absolute atomic E-state index is 13.8. The molecule has 3 rings (SSSR count). The number of hydrogen-bond donors (Lipinski definition) is 2. The van der Waals surface area contributed by atoms with E-state index < -0.39 is 29.3 Å². The smallest absolute Gasteiger partial charge is 0.382 e. The van der Waals surface area contributed by atoms with Crippen LogP contribution in [0.15, 0.2) is 36.4 Å². The summed E-state index contributed by atoms with van der Waals surface area (Å²) < 4.78 is 52.8. The number of aliphatic hydroxyl groups excluding tert-OH is 1. The molecule has 1 heterocycles. The van der Waals surface area contributed by atoms with E-state index in [0.29, 0.717) is 31.1 Å². The fourth-order valence-electron chi connectivity index (χ4n) is 3.28. The monoisotopic (exact) mass is 433 g/mol. The van der Waals surface area contributed by atoms with Gasteiger partial charge in [-0.2, -0.15) is 18.4 Å². The molecule has 0 bridgehead atoms. The number of nitrogens with one attached hydrogen (secondary N) is 1. The topological polar surface area (TPSA) is 76.4 Å². The number of fused-ring (bicyclic) bond motifs is 1. The van der Waals surface area contributed by atoms with Crippen molar-refractivity contribution in [1.82, 2.24) is 4.90 Å². The molecule has 0 radical (unpaired) electrons. The van der Waals surface area contributed by atoms with Crippen LogP contribution in [0, 0.1) is 30.0 Å². The minimum atomic E-state index is -4.75. The molecule has 0 saturated carbocycles. The normalized spacial score (nSPS) is 14.4. The Kier molecular flexibility index (Phi) is 7.76. The third kappa shape index (κ3) is 5.82. The molecule has 162 valence electrons. The van der Waals surface area contributed by atoms with E-state index in [2.05, 4.69) is 18.2 Å². The average Bonchev–Trinajstić information content (AvgIpc) is 2.74. The van der Waals surface area contributed by atoms with Gasteiger partial charge in [0.1, 0.15) is 11.9 Å². The number of anilines is 1. The van der Waals surface area contributed by atoms with Crippen molar-refractivity contribution in [2.45, 2.75) is 25.2 Å². The van der Waals surface area contributed by atoms with E-state index in [4.69, 9.17) is 5.26 Å². The number of aliphatic hydroxyl groups is 1. The second kappa shape index (κ2) is 10.1. The second-order valence-electron chi connectivity index (χ2n) is 6.74. The van der Waals surface area contributed by atoms with Gasteiger partial charge in [-0.3, -0.25) is 9.69 Å². The predicted octanol–water partition coefficient (Wildman–Crippen LogP) is 3.32. The number of carbonyl (C=O) groups excluding carboxylic acids is 1. The van der Waals surface area contributed by atoms with Crippen molar-refractivity contribution in [3.63, 3.8) is 0 Å². The zero-order chi connectivity index (χ0) is 23.2. The van der Waals surface area contributed by atoms with E-state index in [-0.39, 0.29) is 18.0 Å². The van der Waals surface area contributed by atoms with Crippen LogP contribution in [0.3, 0.4) is 0 Å². The van der Waals surface area contributed by atoms with E-state index in [1.165, 1.54) is 18.2 Å². The summed E-state index contributed by atoms with van der Waals surface area (Å²) in [5.74, 6) is -1.16. The van der Waals surface area contributed by atoms with E-state index in [0.717, 1.165) is 11.6 Å². The predicted molar refractivity (Wildman–Crippen MR) is 106 cm³/mol. The fourth-order valence-corrected chi connectivity index (χ4v) is 3.28. The highest BCUT2D eigenvalue weighted by Crippen LogP contribution is 2.33. The lowest BCUT2D eigenvalue weighted by Crippen LogP contribution is -2.42. The van der Waals surface area contributed by atoms with Gasteiger partial charge < -0.3 is 10.4 Å². The van der Waals surface area contributed by atoms with Gasteiger partial charge in [-0.25, -0.2) is 4.39 Å². The van der Waals surface area contributed by atoms with Gasteiger partial charge >= 0.3 is 6.18 Å². The number of hydrogen-bond acceptors (Lipinski definition) is 4. The largest absolute Gasteiger partial charge is 0.417 e. The van der Waals surface area contributed by atoms with Crippen LogP contribution in [-0.4, -0.2) is 35.1 Å². The molecule has 1 atom stereocenters. The number of terminal acetylenes is 1. The molecule has 2 aromatic carbocycles. The Bertz CT molecular complexity index is 1010. The first-order valence-electron chi connectivity index (χ1n) is 9.11. The third-order valence-corrected chi connectivity index (χ3v) is 4.73. The molecule has 0 saturated heterocycles. The summed E-state index contributed by atoms with van der Waals surface area (Å²) in [5, 5.41) is 21.2. The van der Waals surface area contributed by atoms with Crippen LogP contribution in [-0.2, 0) is 23.9 Å². The number of nitriles is 1. The molecule has 0 unspecified atom stereocenters. The maximum atomic E-state index is 13.8. The standard InChI is InChI=1S/C20H17F4N3O2.C2H2/c21-17-3-1-2-13-10-27(7-6-15(13)17)11-18(28)19(29)26-14-5-4-12(9-25)16(8-14)20(22,23)24;1-2/h1-5,8,18,28H,6-7,10-11H2,(H,26,29);1-2H/t18-;/m0./s1.